The van der Waals surface area contributed by atoms with Crippen molar-refractivity contribution in [1.29, 1.82) is 0 Å². The van der Waals surface area contributed by atoms with Crippen LogP contribution in [0, 0.1) is 19.3 Å². The molecule has 1 aliphatic heterocycles. The number of amides is 2. The zero-order chi connectivity index (χ0) is 28.2. The van der Waals surface area contributed by atoms with E-state index in [0.717, 1.165) is 16.0 Å². The van der Waals surface area contributed by atoms with Gasteiger partial charge in [0, 0.05) is 23.4 Å². The van der Waals surface area contributed by atoms with Crippen LogP contribution in [0.15, 0.2) is 47.7 Å². The predicted octanol–water partition coefficient (Wildman–Crippen LogP) is 5.04. The maximum atomic E-state index is 15.1. The first-order chi connectivity index (χ1) is 17.7. The molecule has 1 atom stereocenters. The van der Waals surface area contributed by atoms with Gasteiger partial charge in [-0.2, -0.15) is 13.2 Å². The Bertz CT molecular complexity index is 1380. The number of hydrogen-bond acceptors (Lipinski definition) is 5. The number of anilines is 1. The summed E-state index contributed by atoms with van der Waals surface area (Å²) in [7, 11) is 2.69. The van der Waals surface area contributed by atoms with Gasteiger partial charge in [-0.05, 0) is 67.1 Å². The van der Waals surface area contributed by atoms with E-state index in [1.54, 1.807) is 39.0 Å². The third-order valence-corrected chi connectivity index (χ3v) is 7.14. The highest BCUT2D eigenvalue weighted by atomic mass is 19.4. The molecule has 0 saturated heterocycles. The molecule has 0 saturated carbocycles. The summed E-state index contributed by atoms with van der Waals surface area (Å²) in [6.45, 7) is 7.13. The second-order valence-corrected chi connectivity index (χ2v) is 10.4. The van der Waals surface area contributed by atoms with Crippen LogP contribution in [0.5, 0.6) is 11.5 Å². The van der Waals surface area contributed by atoms with E-state index in [9.17, 15) is 14.4 Å². The van der Waals surface area contributed by atoms with Gasteiger partial charge in [0.15, 0.2) is 17.3 Å². The van der Waals surface area contributed by atoms with Crippen molar-refractivity contribution in [2.75, 3.05) is 19.1 Å². The lowest BCUT2D eigenvalue weighted by Crippen LogP contribution is -2.66. The number of halogens is 3. The highest BCUT2D eigenvalue weighted by molar-refractivity contribution is 6.21. The van der Waals surface area contributed by atoms with E-state index in [1.807, 2.05) is 12.2 Å². The minimum atomic E-state index is -5.32. The molecule has 38 heavy (non-hydrogen) atoms. The van der Waals surface area contributed by atoms with Gasteiger partial charge in [0.05, 0.1) is 19.8 Å². The van der Waals surface area contributed by atoms with Crippen LogP contribution >= 0.6 is 0 Å². The molecule has 2 amide bonds. The third kappa shape index (κ3) is 4.21. The second-order valence-electron chi connectivity index (χ2n) is 10.4. The first-order valence-electron chi connectivity index (χ1n) is 12.0. The number of alkyl halides is 3. The van der Waals surface area contributed by atoms with Crippen molar-refractivity contribution >= 4 is 23.3 Å². The van der Waals surface area contributed by atoms with Crippen molar-refractivity contribution in [1.82, 2.24) is 5.32 Å². The van der Waals surface area contributed by atoms with Gasteiger partial charge in [0.25, 0.3) is 11.8 Å². The number of carbonyl (C=O) groups excluding carboxylic acids is 3. The molecule has 202 valence electrons. The third-order valence-electron chi connectivity index (χ3n) is 7.14. The number of methoxy groups -OCH3 is 2. The monoisotopic (exact) mass is 530 g/mol. The van der Waals surface area contributed by atoms with E-state index in [-0.39, 0.29) is 41.3 Å². The Morgan fingerprint density at radius 1 is 0.947 bits per heavy atom. The van der Waals surface area contributed by atoms with Crippen LogP contribution in [-0.2, 0) is 9.59 Å². The number of nitrogens with one attached hydrogen (secondary N) is 1. The summed E-state index contributed by atoms with van der Waals surface area (Å²) in [5.41, 5.74) is -3.39. The standard InChI is InChI=1S/C28H29F3N2O5/c1-15-7-9-18(11-16(15)2)33-19-13-26(3,4)14-20(34)23(19)27(25(33)36,28(29,30)31)32-24(35)17-8-10-21(37-5)22(12-17)38-6/h7-12H,13-14H2,1-6H3,(H,32,35)/t27-/m1/s1. The van der Waals surface area contributed by atoms with E-state index < -0.39 is 40.3 Å². The molecule has 1 N–H and O–H groups in total. The van der Waals surface area contributed by atoms with Crippen molar-refractivity contribution in [3.63, 3.8) is 0 Å². The lowest BCUT2D eigenvalue weighted by Gasteiger charge is -2.35. The molecular formula is C28H29F3N2O5. The Labute approximate surface area is 218 Å². The first kappa shape index (κ1) is 27.2. The van der Waals surface area contributed by atoms with Gasteiger partial charge in [-0.25, -0.2) is 0 Å². The van der Waals surface area contributed by atoms with Gasteiger partial charge in [0.1, 0.15) is 0 Å². The van der Waals surface area contributed by atoms with Gasteiger partial charge in [0.2, 0.25) is 5.54 Å². The van der Waals surface area contributed by atoms with Crippen LogP contribution in [0.2, 0.25) is 0 Å². The number of Topliss-reactive ketones (excluding diaryl/α,β-unsaturated/α-hetero) is 1. The van der Waals surface area contributed by atoms with Crippen LogP contribution in [0.25, 0.3) is 0 Å². The molecule has 0 bridgehead atoms. The van der Waals surface area contributed by atoms with E-state index in [4.69, 9.17) is 9.47 Å². The van der Waals surface area contributed by atoms with Crippen LogP contribution in [-0.4, -0.2) is 43.5 Å². The smallest absolute Gasteiger partial charge is 0.425 e. The number of allylic oxidation sites excluding steroid dienone is 1. The first-order valence-corrected chi connectivity index (χ1v) is 12.0. The van der Waals surface area contributed by atoms with Crippen molar-refractivity contribution < 1.29 is 37.0 Å². The van der Waals surface area contributed by atoms with Crippen molar-refractivity contribution in [3.8, 4) is 11.5 Å². The Morgan fingerprint density at radius 2 is 1.61 bits per heavy atom. The van der Waals surface area contributed by atoms with Gasteiger partial charge in [-0.15, -0.1) is 0 Å². The number of carbonyl (C=O) groups is 3. The zero-order valence-electron chi connectivity index (χ0n) is 22.0. The number of ether oxygens (including phenoxy) is 2. The highest BCUT2D eigenvalue weighted by Crippen LogP contribution is 2.53. The van der Waals surface area contributed by atoms with Crippen LogP contribution < -0.4 is 19.7 Å². The normalized spacial score (nSPS) is 20.9. The van der Waals surface area contributed by atoms with E-state index in [0.29, 0.717) is 0 Å². The Kier molecular flexibility index (Phi) is 6.58. The molecule has 0 fully saturated rings. The average Bonchev–Trinajstić information content (AvgIpc) is 3.07. The molecule has 0 radical (unpaired) electrons. The largest absolute Gasteiger partial charge is 0.493 e. The second kappa shape index (κ2) is 9.18. The fourth-order valence-corrected chi connectivity index (χ4v) is 5.11. The molecule has 0 unspecified atom stereocenters. The number of benzene rings is 2. The van der Waals surface area contributed by atoms with Gasteiger partial charge >= 0.3 is 6.18 Å². The maximum absolute atomic E-state index is 15.1. The van der Waals surface area contributed by atoms with E-state index in [1.165, 1.54) is 32.4 Å². The van der Waals surface area contributed by atoms with Crippen molar-refractivity contribution in [2.45, 2.75) is 52.3 Å². The average molecular weight is 531 g/mol. The fourth-order valence-electron chi connectivity index (χ4n) is 5.11. The minimum absolute atomic E-state index is 0.0385. The number of ketones is 1. The molecule has 0 aromatic heterocycles. The molecular weight excluding hydrogens is 501 g/mol. The number of rotatable bonds is 5. The molecule has 0 spiro atoms. The summed E-state index contributed by atoms with van der Waals surface area (Å²) in [5, 5.41) is 1.94. The summed E-state index contributed by atoms with van der Waals surface area (Å²) in [6.07, 6.45) is -5.48. The highest BCUT2D eigenvalue weighted by Gasteiger charge is 2.72. The topological polar surface area (TPSA) is 84.9 Å². The lowest BCUT2D eigenvalue weighted by atomic mass is 9.72. The SMILES string of the molecule is COc1ccc(C(=O)N[C@@]2(C(F)(F)F)C(=O)N(c3ccc(C)c(C)c3)C3=C2C(=O)CC(C)(C)C3)cc1OC. The maximum Gasteiger partial charge on any atom is 0.425 e. The Hall–Kier alpha value is -3.82. The molecule has 4 rings (SSSR count). The lowest BCUT2D eigenvalue weighted by molar-refractivity contribution is -0.186. The summed E-state index contributed by atoms with van der Waals surface area (Å²) in [4.78, 5) is 41.6. The van der Waals surface area contributed by atoms with Crippen LogP contribution in [0.3, 0.4) is 0 Å². The number of hydrogen-bond donors (Lipinski definition) is 1. The quantitative estimate of drug-likeness (QED) is 0.586. The fraction of sp³-hybridized carbons (Fsp3) is 0.393. The van der Waals surface area contributed by atoms with E-state index in [2.05, 4.69) is 0 Å². The van der Waals surface area contributed by atoms with Gasteiger partial charge in [-0.1, -0.05) is 19.9 Å². The predicted molar refractivity (Wildman–Crippen MR) is 134 cm³/mol. The van der Waals surface area contributed by atoms with E-state index >= 15 is 13.2 Å². The van der Waals surface area contributed by atoms with Crippen molar-refractivity contribution in [3.05, 3.63) is 64.4 Å². The molecule has 2 aliphatic rings. The molecule has 7 nitrogen and oxygen atoms in total. The number of nitrogens with zero attached hydrogens (tertiary/aromatic N) is 1. The Balaban J connectivity index is 1.92. The zero-order valence-corrected chi connectivity index (χ0v) is 22.0. The summed E-state index contributed by atoms with van der Waals surface area (Å²) < 4.78 is 55.5. The Morgan fingerprint density at radius 3 is 2.18 bits per heavy atom. The molecule has 10 heteroatoms. The van der Waals surface area contributed by atoms with Crippen molar-refractivity contribution in [2.24, 2.45) is 5.41 Å². The van der Waals surface area contributed by atoms with Crippen LogP contribution in [0.1, 0.15) is 48.2 Å². The minimum Gasteiger partial charge on any atom is -0.493 e. The van der Waals surface area contributed by atoms with Crippen LogP contribution in [0.4, 0.5) is 18.9 Å². The van der Waals surface area contributed by atoms with Gasteiger partial charge < -0.3 is 14.8 Å². The molecule has 2 aromatic rings. The summed E-state index contributed by atoms with van der Waals surface area (Å²) in [6, 6.07) is 8.67. The molecule has 1 aliphatic carbocycles. The summed E-state index contributed by atoms with van der Waals surface area (Å²) in [5.74, 6) is -3.09. The van der Waals surface area contributed by atoms with Gasteiger partial charge in [-0.3, -0.25) is 19.3 Å². The number of aryl methyl sites for hydroxylation is 2. The summed E-state index contributed by atoms with van der Waals surface area (Å²) >= 11 is 0. The molecule has 2 aromatic carbocycles. The molecule has 1 heterocycles.